The lowest BCUT2D eigenvalue weighted by Gasteiger charge is -2.37. The third-order valence-electron chi connectivity index (χ3n) is 5.28. The first-order valence-electron chi connectivity index (χ1n) is 8.78. The fourth-order valence-corrected chi connectivity index (χ4v) is 4.25. The fourth-order valence-electron chi connectivity index (χ4n) is 4.25. The standard InChI is InChI=1S/C18H33NO2/c1-14-9-15(2)11-16(10-14)5-3-4-7-19-8-6-18(21)12-17(19)13-20/h15-18,20-21H,1,3-13H2,2H3. The molecule has 3 heteroatoms. The number of rotatable bonds is 6. The Morgan fingerprint density at radius 2 is 2.05 bits per heavy atom. The van der Waals surface area contributed by atoms with E-state index in [1.54, 1.807) is 0 Å². The Morgan fingerprint density at radius 1 is 1.24 bits per heavy atom. The number of hydrogen-bond donors (Lipinski definition) is 2. The van der Waals surface area contributed by atoms with Crippen LogP contribution in [0.25, 0.3) is 0 Å². The summed E-state index contributed by atoms with van der Waals surface area (Å²) >= 11 is 0. The summed E-state index contributed by atoms with van der Waals surface area (Å²) < 4.78 is 0. The van der Waals surface area contributed by atoms with Crippen LogP contribution < -0.4 is 0 Å². The van der Waals surface area contributed by atoms with Crippen LogP contribution in [0.5, 0.6) is 0 Å². The highest BCUT2D eigenvalue weighted by Gasteiger charge is 2.26. The molecule has 122 valence electrons. The Labute approximate surface area is 130 Å². The second-order valence-corrected chi connectivity index (χ2v) is 7.41. The number of unbranched alkanes of at least 4 members (excludes halogenated alkanes) is 1. The van der Waals surface area contributed by atoms with Crippen LogP contribution >= 0.6 is 0 Å². The van der Waals surface area contributed by atoms with E-state index in [0.29, 0.717) is 0 Å². The normalized spacial score (nSPS) is 35.1. The third kappa shape index (κ3) is 5.39. The summed E-state index contributed by atoms with van der Waals surface area (Å²) in [5.74, 6) is 1.66. The van der Waals surface area contributed by atoms with Crippen molar-refractivity contribution in [2.24, 2.45) is 11.8 Å². The smallest absolute Gasteiger partial charge is 0.0587 e. The van der Waals surface area contributed by atoms with Crippen LogP contribution in [0.2, 0.25) is 0 Å². The van der Waals surface area contributed by atoms with Gasteiger partial charge in [-0.05, 0) is 56.9 Å². The number of piperidine rings is 1. The lowest BCUT2D eigenvalue weighted by molar-refractivity contribution is 0.0162. The molecule has 0 bridgehead atoms. The van der Waals surface area contributed by atoms with Crippen molar-refractivity contribution in [3.8, 4) is 0 Å². The molecule has 1 heterocycles. The van der Waals surface area contributed by atoms with Gasteiger partial charge < -0.3 is 10.2 Å². The Morgan fingerprint density at radius 3 is 2.76 bits per heavy atom. The highest BCUT2D eigenvalue weighted by Crippen LogP contribution is 2.34. The number of nitrogens with zero attached hydrogens (tertiary/aromatic N) is 1. The lowest BCUT2D eigenvalue weighted by atomic mass is 9.78. The van der Waals surface area contributed by atoms with Gasteiger partial charge in [0, 0.05) is 12.6 Å². The monoisotopic (exact) mass is 295 g/mol. The molecule has 21 heavy (non-hydrogen) atoms. The van der Waals surface area contributed by atoms with Crippen LogP contribution in [-0.2, 0) is 0 Å². The van der Waals surface area contributed by atoms with Crippen molar-refractivity contribution in [2.45, 2.75) is 70.4 Å². The van der Waals surface area contributed by atoms with Crippen LogP contribution in [0.3, 0.4) is 0 Å². The van der Waals surface area contributed by atoms with Gasteiger partial charge in [-0.1, -0.05) is 31.9 Å². The molecule has 2 N–H and O–H groups in total. The van der Waals surface area contributed by atoms with Crippen molar-refractivity contribution < 1.29 is 10.2 Å². The van der Waals surface area contributed by atoms with Crippen LogP contribution in [0.15, 0.2) is 12.2 Å². The van der Waals surface area contributed by atoms with Crippen molar-refractivity contribution in [3.63, 3.8) is 0 Å². The van der Waals surface area contributed by atoms with E-state index in [2.05, 4.69) is 18.4 Å². The third-order valence-corrected chi connectivity index (χ3v) is 5.28. The topological polar surface area (TPSA) is 43.7 Å². The molecule has 4 unspecified atom stereocenters. The van der Waals surface area contributed by atoms with Crippen LogP contribution in [0.1, 0.15) is 58.3 Å². The molecule has 0 aromatic rings. The first kappa shape index (κ1) is 17.0. The van der Waals surface area contributed by atoms with Gasteiger partial charge in [-0.3, -0.25) is 4.90 Å². The maximum absolute atomic E-state index is 9.67. The summed E-state index contributed by atoms with van der Waals surface area (Å²) in [6.45, 7) is 8.72. The van der Waals surface area contributed by atoms with Gasteiger partial charge in [-0.2, -0.15) is 0 Å². The first-order valence-corrected chi connectivity index (χ1v) is 8.78. The number of allylic oxidation sites excluding steroid dienone is 1. The first-order chi connectivity index (χ1) is 10.1. The minimum atomic E-state index is -0.215. The van der Waals surface area contributed by atoms with E-state index in [4.69, 9.17) is 0 Å². The van der Waals surface area contributed by atoms with E-state index in [9.17, 15) is 10.2 Å². The molecule has 4 atom stereocenters. The molecule has 1 aliphatic heterocycles. The SMILES string of the molecule is C=C1CC(C)CC(CCCCN2CCC(O)CC2CO)C1. The van der Waals surface area contributed by atoms with E-state index in [0.717, 1.165) is 37.8 Å². The molecule has 2 rings (SSSR count). The molecule has 2 fully saturated rings. The highest BCUT2D eigenvalue weighted by molar-refractivity contribution is 5.01. The molecule has 1 saturated carbocycles. The fraction of sp³-hybridized carbons (Fsp3) is 0.889. The maximum Gasteiger partial charge on any atom is 0.0587 e. The largest absolute Gasteiger partial charge is 0.395 e. The molecule has 0 aromatic heterocycles. The molecule has 0 spiro atoms. The minimum absolute atomic E-state index is 0.170. The molecular formula is C18H33NO2. The number of aliphatic hydroxyl groups is 2. The van der Waals surface area contributed by atoms with Gasteiger partial charge in [-0.15, -0.1) is 0 Å². The molecule has 2 aliphatic rings. The molecule has 3 nitrogen and oxygen atoms in total. The molecule has 0 aromatic carbocycles. The molecule has 1 saturated heterocycles. The zero-order valence-corrected chi connectivity index (χ0v) is 13.6. The zero-order chi connectivity index (χ0) is 15.2. The van der Waals surface area contributed by atoms with Gasteiger partial charge >= 0.3 is 0 Å². The highest BCUT2D eigenvalue weighted by atomic mass is 16.3. The Balaban J connectivity index is 1.64. The van der Waals surface area contributed by atoms with E-state index in [1.165, 1.54) is 44.1 Å². The number of aliphatic hydroxyl groups excluding tert-OH is 2. The average Bonchev–Trinajstić information content (AvgIpc) is 2.43. The summed E-state index contributed by atoms with van der Waals surface area (Å²) in [6.07, 6.45) is 9.02. The summed E-state index contributed by atoms with van der Waals surface area (Å²) in [6, 6.07) is 0.170. The Hall–Kier alpha value is -0.380. The summed E-state index contributed by atoms with van der Waals surface area (Å²) in [7, 11) is 0. The van der Waals surface area contributed by atoms with Crippen molar-refractivity contribution >= 4 is 0 Å². The van der Waals surface area contributed by atoms with E-state index < -0.39 is 0 Å². The van der Waals surface area contributed by atoms with Crippen molar-refractivity contribution in [2.75, 3.05) is 19.7 Å². The average molecular weight is 295 g/mol. The predicted molar refractivity (Wildman–Crippen MR) is 87.2 cm³/mol. The summed E-state index contributed by atoms with van der Waals surface area (Å²) in [4.78, 5) is 2.37. The number of likely N-dealkylation sites (tertiary alicyclic amines) is 1. The van der Waals surface area contributed by atoms with Crippen LogP contribution in [-0.4, -0.2) is 47.0 Å². The predicted octanol–water partition coefficient (Wildman–Crippen LogP) is 2.97. The van der Waals surface area contributed by atoms with E-state index in [-0.39, 0.29) is 18.8 Å². The summed E-state index contributed by atoms with van der Waals surface area (Å²) in [5, 5.41) is 19.1. The van der Waals surface area contributed by atoms with Crippen molar-refractivity contribution in [3.05, 3.63) is 12.2 Å². The summed E-state index contributed by atoms with van der Waals surface area (Å²) in [5.41, 5.74) is 1.45. The van der Waals surface area contributed by atoms with Gasteiger partial charge in [0.05, 0.1) is 12.7 Å². The van der Waals surface area contributed by atoms with Gasteiger partial charge in [0.2, 0.25) is 0 Å². The Kier molecular flexibility index (Phi) is 6.72. The molecule has 0 radical (unpaired) electrons. The van der Waals surface area contributed by atoms with Crippen molar-refractivity contribution in [1.29, 1.82) is 0 Å². The van der Waals surface area contributed by atoms with Gasteiger partial charge in [-0.25, -0.2) is 0 Å². The lowest BCUT2D eigenvalue weighted by Crippen LogP contribution is -2.46. The number of hydrogen-bond acceptors (Lipinski definition) is 3. The Bertz CT molecular complexity index is 331. The van der Waals surface area contributed by atoms with Crippen molar-refractivity contribution in [1.82, 2.24) is 4.90 Å². The molecule has 0 amide bonds. The quantitative estimate of drug-likeness (QED) is 0.585. The molecule has 1 aliphatic carbocycles. The molecular weight excluding hydrogens is 262 g/mol. The second kappa shape index (κ2) is 8.30. The minimum Gasteiger partial charge on any atom is -0.395 e. The van der Waals surface area contributed by atoms with Gasteiger partial charge in [0.25, 0.3) is 0 Å². The zero-order valence-electron chi connectivity index (χ0n) is 13.6. The van der Waals surface area contributed by atoms with Gasteiger partial charge in [0.15, 0.2) is 0 Å². The van der Waals surface area contributed by atoms with Crippen LogP contribution in [0.4, 0.5) is 0 Å². The van der Waals surface area contributed by atoms with Crippen LogP contribution in [0, 0.1) is 11.8 Å². The second-order valence-electron chi connectivity index (χ2n) is 7.41. The van der Waals surface area contributed by atoms with Gasteiger partial charge in [0.1, 0.15) is 0 Å². The maximum atomic E-state index is 9.67. The van der Waals surface area contributed by atoms with E-state index >= 15 is 0 Å². The van der Waals surface area contributed by atoms with E-state index in [1.807, 2.05) is 0 Å².